The van der Waals surface area contributed by atoms with Crippen molar-refractivity contribution < 1.29 is 4.74 Å². The molecule has 0 aromatic rings. The maximum Gasteiger partial charge on any atom is 0.221 e. The fourth-order valence-electron chi connectivity index (χ4n) is 1.63. The van der Waals surface area contributed by atoms with Crippen molar-refractivity contribution >= 4 is 18.2 Å². The standard InChI is InChI=1S/C9H16N4OS/c1-12(2)7-5-13-9(14-6-7)8(15-10)3-4-11-13/h4,7H,3,5-6,10H2,1-2H3/t7-/m0/s1. The van der Waals surface area contributed by atoms with Crippen LogP contribution in [-0.4, -0.2) is 49.4 Å². The van der Waals surface area contributed by atoms with E-state index in [1.165, 1.54) is 11.9 Å². The Labute approximate surface area is 94.1 Å². The van der Waals surface area contributed by atoms with Crippen LogP contribution in [0.3, 0.4) is 0 Å². The Morgan fingerprint density at radius 3 is 3.13 bits per heavy atom. The second-order valence-corrected chi connectivity index (χ2v) is 4.59. The average molecular weight is 228 g/mol. The van der Waals surface area contributed by atoms with Gasteiger partial charge in [0.2, 0.25) is 5.88 Å². The molecule has 5 nitrogen and oxygen atoms in total. The van der Waals surface area contributed by atoms with Gasteiger partial charge in [-0.15, -0.1) is 0 Å². The highest BCUT2D eigenvalue weighted by Gasteiger charge is 2.29. The Hall–Kier alpha value is -0.720. The molecule has 2 aliphatic heterocycles. The minimum absolute atomic E-state index is 0.382. The third kappa shape index (κ3) is 2.11. The summed E-state index contributed by atoms with van der Waals surface area (Å²) < 4.78 is 5.71. The summed E-state index contributed by atoms with van der Waals surface area (Å²) in [7, 11) is 4.10. The van der Waals surface area contributed by atoms with Crippen LogP contribution in [0.2, 0.25) is 0 Å². The van der Waals surface area contributed by atoms with Gasteiger partial charge in [0.05, 0.1) is 17.5 Å². The van der Waals surface area contributed by atoms with Crippen molar-refractivity contribution in [3.05, 3.63) is 10.8 Å². The lowest BCUT2D eigenvalue weighted by molar-refractivity contribution is 0.00750. The minimum atomic E-state index is 0.382. The highest BCUT2D eigenvalue weighted by Crippen LogP contribution is 2.28. The Kier molecular flexibility index (Phi) is 3.18. The van der Waals surface area contributed by atoms with Crippen LogP contribution in [0.1, 0.15) is 6.42 Å². The van der Waals surface area contributed by atoms with Crippen LogP contribution in [0.4, 0.5) is 0 Å². The van der Waals surface area contributed by atoms with Crippen molar-refractivity contribution in [3.63, 3.8) is 0 Å². The van der Waals surface area contributed by atoms with Gasteiger partial charge in [-0.3, -0.25) is 5.14 Å². The number of nitrogens with two attached hydrogens (primary N) is 1. The smallest absolute Gasteiger partial charge is 0.221 e. The molecule has 84 valence electrons. The van der Waals surface area contributed by atoms with Crippen molar-refractivity contribution in [2.75, 3.05) is 27.2 Å². The first-order chi connectivity index (χ1) is 7.22. The highest BCUT2D eigenvalue weighted by molar-refractivity contribution is 8.00. The molecule has 0 aromatic heterocycles. The Morgan fingerprint density at radius 1 is 1.67 bits per heavy atom. The van der Waals surface area contributed by atoms with Crippen LogP contribution < -0.4 is 5.14 Å². The van der Waals surface area contributed by atoms with E-state index < -0.39 is 0 Å². The summed E-state index contributed by atoms with van der Waals surface area (Å²) >= 11 is 1.25. The molecule has 0 unspecified atom stereocenters. The molecule has 0 aliphatic carbocycles. The topological polar surface area (TPSA) is 54.1 Å². The number of fused-ring (bicyclic) bond motifs is 1. The number of nitrogens with zero attached hydrogens (tertiary/aromatic N) is 3. The van der Waals surface area contributed by atoms with Gasteiger partial charge in [-0.25, -0.2) is 5.01 Å². The zero-order chi connectivity index (χ0) is 10.8. The van der Waals surface area contributed by atoms with Gasteiger partial charge >= 0.3 is 0 Å². The molecule has 6 heteroatoms. The number of rotatable bonds is 2. The highest BCUT2D eigenvalue weighted by atomic mass is 32.2. The molecule has 2 heterocycles. The molecular formula is C9H16N4OS. The maximum atomic E-state index is 5.71. The molecule has 15 heavy (non-hydrogen) atoms. The second kappa shape index (κ2) is 4.42. The molecule has 0 radical (unpaired) electrons. The van der Waals surface area contributed by atoms with E-state index in [9.17, 15) is 0 Å². The van der Waals surface area contributed by atoms with Crippen LogP contribution >= 0.6 is 11.9 Å². The first kappa shape index (κ1) is 10.8. The summed E-state index contributed by atoms with van der Waals surface area (Å²) in [6.45, 7) is 1.57. The molecule has 1 saturated heterocycles. The van der Waals surface area contributed by atoms with Crippen molar-refractivity contribution in [3.8, 4) is 0 Å². The molecule has 0 aromatic carbocycles. The van der Waals surface area contributed by atoms with E-state index in [0.717, 1.165) is 23.8 Å². The summed E-state index contributed by atoms with van der Waals surface area (Å²) in [5.74, 6) is 0.836. The maximum absolute atomic E-state index is 5.71. The number of likely N-dealkylation sites (N-methyl/N-ethyl adjacent to an activating group) is 1. The summed E-state index contributed by atoms with van der Waals surface area (Å²) in [5.41, 5.74) is 0. The number of allylic oxidation sites excluding steroid dienone is 1. The fraction of sp³-hybridized carbons (Fsp3) is 0.667. The van der Waals surface area contributed by atoms with Crippen LogP contribution in [0.15, 0.2) is 15.9 Å². The van der Waals surface area contributed by atoms with Gasteiger partial charge in [0.25, 0.3) is 0 Å². The van der Waals surface area contributed by atoms with Crippen LogP contribution in [0, 0.1) is 0 Å². The lowest BCUT2D eigenvalue weighted by Crippen LogP contribution is -2.47. The largest absolute Gasteiger partial charge is 0.476 e. The average Bonchev–Trinajstić information content (AvgIpc) is 2.27. The lowest BCUT2D eigenvalue weighted by Gasteiger charge is -2.37. The number of ether oxygens (including phenoxy) is 1. The van der Waals surface area contributed by atoms with Crippen LogP contribution in [0.25, 0.3) is 0 Å². The second-order valence-electron chi connectivity index (χ2n) is 3.86. The molecule has 2 aliphatic rings. The van der Waals surface area contributed by atoms with E-state index in [-0.39, 0.29) is 0 Å². The quantitative estimate of drug-likeness (QED) is 0.694. The van der Waals surface area contributed by atoms with Gasteiger partial charge in [0.15, 0.2) is 0 Å². The van der Waals surface area contributed by atoms with E-state index >= 15 is 0 Å². The van der Waals surface area contributed by atoms with Gasteiger partial charge in [-0.1, -0.05) is 0 Å². The SMILES string of the molecule is CN(C)[C@@H]1COC2=C(SN)CC=NN2C1. The predicted octanol–water partition coefficient (Wildman–Crippen LogP) is 0.414. The molecule has 0 amide bonds. The van der Waals surface area contributed by atoms with Crippen molar-refractivity contribution in [2.45, 2.75) is 12.5 Å². The number of hydrogen-bond donors (Lipinski definition) is 1. The molecule has 0 bridgehead atoms. The monoisotopic (exact) mass is 228 g/mol. The zero-order valence-corrected chi connectivity index (χ0v) is 9.83. The molecule has 2 N–H and O–H groups in total. The summed E-state index contributed by atoms with van der Waals surface area (Å²) in [6.07, 6.45) is 2.65. The van der Waals surface area contributed by atoms with Gasteiger partial charge in [-0.05, 0) is 26.0 Å². The van der Waals surface area contributed by atoms with E-state index in [1.807, 2.05) is 11.2 Å². The summed E-state index contributed by atoms with van der Waals surface area (Å²) in [5, 5.41) is 11.8. The molecular weight excluding hydrogens is 212 g/mol. The molecule has 0 spiro atoms. The number of hydrogen-bond acceptors (Lipinski definition) is 6. The van der Waals surface area contributed by atoms with Gasteiger partial charge in [-0.2, -0.15) is 5.10 Å². The lowest BCUT2D eigenvalue weighted by atomic mass is 10.2. The third-order valence-electron chi connectivity index (χ3n) is 2.64. The van der Waals surface area contributed by atoms with Crippen molar-refractivity contribution in [1.82, 2.24) is 9.91 Å². The van der Waals surface area contributed by atoms with Crippen LogP contribution in [0.5, 0.6) is 0 Å². The van der Waals surface area contributed by atoms with E-state index in [2.05, 4.69) is 24.1 Å². The number of hydrazone groups is 1. The Bertz CT molecular complexity index is 302. The first-order valence-electron chi connectivity index (χ1n) is 4.91. The van der Waals surface area contributed by atoms with Gasteiger partial charge in [0.1, 0.15) is 6.61 Å². The van der Waals surface area contributed by atoms with E-state index in [0.29, 0.717) is 12.6 Å². The van der Waals surface area contributed by atoms with E-state index in [4.69, 9.17) is 9.88 Å². The summed E-state index contributed by atoms with van der Waals surface area (Å²) in [4.78, 5) is 3.21. The normalized spacial score (nSPS) is 25.6. The van der Waals surface area contributed by atoms with Crippen molar-refractivity contribution in [1.29, 1.82) is 0 Å². The van der Waals surface area contributed by atoms with Crippen molar-refractivity contribution in [2.24, 2.45) is 10.2 Å². The predicted molar refractivity (Wildman–Crippen MR) is 62.0 cm³/mol. The summed E-state index contributed by atoms with van der Waals surface area (Å²) in [6, 6.07) is 0.382. The van der Waals surface area contributed by atoms with Crippen LogP contribution in [-0.2, 0) is 4.74 Å². The van der Waals surface area contributed by atoms with Gasteiger partial charge < -0.3 is 9.64 Å². The zero-order valence-electron chi connectivity index (χ0n) is 9.01. The molecule has 2 rings (SSSR count). The van der Waals surface area contributed by atoms with E-state index in [1.54, 1.807) is 0 Å². The minimum Gasteiger partial charge on any atom is -0.476 e. The molecule has 0 saturated carbocycles. The fourth-order valence-corrected chi connectivity index (χ4v) is 2.07. The third-order valence-corrected chi connectivity index (χ3v) is 3.27. The molecule has 1 atom stereocenters. The molecule has 1 fully saturated rings. The Balaban J connectivity index is 2.12. The first-order valence-corrected chi connectivity index (χ1v) is 5.79. The Morgan fingerprint density at radius 2 is 2.47 bits per heavy atom. The van der Waals surface area contributed by atoms with Gasteiger partial charge in [0, 0.05) is 12.6 Å².